The molecule has 0 saturated heterocycles. The molecular weight excluding hydrogens is 846 g/mol. The Morgan fingerprint density at radius 1 is 0.810 bits per heavy atom. The lowest BCUT2D eigenvalue weighted by Gasteiger charge is -2.09. The molecule has 0 aliphatic carbocycles. The largest absolute Gasteiger partial charge is 0.455 e. The molecule has 0 spiro atoms. The molecule has 1 aromatic carbocycles. The Morgan fingerprint density at radius 3 is 1.79 bits per heavy atom. The van der Waals surface area contributed by atoms with Crippen molar-refractivity contribution in [2.24, 2.45) is 10.2 Å². The first-order chi connectivity index (χ1) is 26.4. The molecule has 2 amide bonds. The third-order valence-corrected chi connectivity index (χ3v) is 7.49. The topological polar surface area (TPSA) is 198 Å². The number of hydrogen-bond donors (Lipinski definition) is 3. The lowest BCUT2D eigenvalue weighted by molar-refractivity contribution is -0.162. The average Bonchev–Trinajstić information content (AvgIpc) is 3.09. The molecule has 2 aromatic heterocycles. The molecule has 3 N–H and O–H groups in total. The summed E-state index contributed by atoms with van der Waals surface area (Å²) in [6, 6.07) is 5.34. The molecule has 3 aromatic rings. The van der Waals surface area contributed by atoms with Crippen LogP contribution in [0, 0.1) is 20.8 Å². The van der Waals surface area contributed by atoms with Crippen molar-refractivity contribution in [1.82, 2.24) is 30.8 Å². The number of ketones is 2. The van der Waals surface area contributed by atoms with Crippen LogP contribution in [0.2, 0.25) is 10.0 Å². The summed E-state index contributed by atoms with van der Waals surface area (Å²) in [5.41, 5.74) is 1.94. The van der Waals surface area contributed by atoms with Crippen LogP contribution in [0.5, 0.6) is 0 Å². The number of benzene rings is 1. The SMILES string of the molecule is CC(=O)NN=CC(=C(C)C(C)=O)C(F)(F)F.CC(=O)NN=CC(=O)C(F)(F)F.Cc1c(C(F)(F)F)cn[nH]c1=O.Cc1cnn(Cc2cccc(Cl)c2Cl)c(=O)c1C. The van der Waals surface area contributed by atoms with Crippen molar-refractivity contribution in [2.75, 3.05) is 0 Å². The van der Waals surface area contributed by atoms with Crippen LogP contribution in [-0.2, 0) is 31.9 Å². The number of amides is 2. The number of nitrogens with one attached hydrogen (secondary N) is 3. The van der Waals surface area contributed by atoms with Crippen molar-refractivity contribution >= 4 is 59.0 Å². The molecule has 58 heavy (non-hydrogen) atoms. The van der Waals surface area contributed by atoms with E-state index in [1.807, 2.05) is 23.5 Å². The summed E-state index contributed by atoms with van der Waals surface area (Å²) in [5, 5.41) is 15.8. The van der Waals surface area contributed by atoms with Crippen molar-refractivity contribution < 1.29 is 58.7 Å². The Bertz CT molecular complexity index is 2160. The number of aromatic nitrogens is 4. The van der Waals surface area contributed by atoms with Crippen LogP contribution in [0.25, 0.3) is 0 Å². The number of carbonyl (C=O) groups is 4. The minimum atomic E-state index is -4.94. The van der Waals surface area contributed by atoms with E-state index in [0.29, 0.717) is 34.6 Å². The number of alkyl halides is 9. The molecule has 0 bridgehead atoms. The highest BCUT2D eigenvalue weighted by molar-refractivity contribution is 6.42. The highest BCUT2D eigenvalue weighted by atomic mass is 35.5. The second-order valence-electron chi connectivity index (χ2n) is 11.2. The van der Waals surface area contributed by atoms with Crippen molar-refractivity contribution in [3.63, 3.8) is 0 Å². The Balaban J connectivity index is 0.000000759. The minimum absolute atomic E-state index is 0.00139. The Kier molecular flexibility index (Phi) is 20.6. The quantitative estimate of drug-likeness (QED) is 0.109. The number of aromatic amines is 1. The molecule has 2 heterocycles. The summed E-state index contributed by atoms with van der Waals surface area (Å²) in [6.45, 7) is 9.29. The van der Waals surface area contributed by atoms with Crippen LogP contribution in [0.4, 0.5) is 39.5 Å². The number of aryl methyl sites for hydroxylation is 1. The third-order valence-electron chi connectivity index (χ3n) is 6.64. The van der Waals surface area contributed by atoms with E-state index in [4.69, 9.17) is 23.2 Å². The van der Waals surface area contributed by atoms with Gasteiger partial charge in [-0.1, -0.05) is 35.3 Å². The molecule has 3 rings (SSSR count). The summed E-state index contributed by atoms with van der Waals surface area (Å²) < 4.78 is 109. The third kappa shape index (κ3) is 18.5. The maximum absolute atomic E-state index is 12.4. The normalized spacial score (nSPS) is 11.9. The maximum Gasteiger partial charge on any atom is 0.455 e. The number of halogens is 11. The van der Waals surface area contributed by atoms with Crippen molar-refractivity contribution in [1.29, 1.82) is 0 Å². The second-order valence-corrected chi connectivity index (χ2v) is 12.0. The first-order valence-electron chi connectivity index (χ1n) is 15.5. The highest BCUT2D eigenvalue weighted by Crippen LogP contribution is 2.29. The number of Topliss-reactive ketones (excluding diaryl/α,β-unsaturated/α-hetero) is 2. The molecule has 318 valence electrons. The van der Waals surface area contributed by atoms with E-state index < -0.39 is 64.2 Å². The molecule has 0 aliphatic rings. The smallest absolute Gasteiger partial charge is 0.295 e. The summed E-state index contributed by atoms with van der Waals surface area (Å²) in [7, 11) is 0. The first-order valence-corrected chi connectivity index (χ1v) is 16.3. The van der Waals surface area contributed by atoms with Gasteiger partial charge < -0.3 is 0 Å². The molecule has 0 aliphatic heterocycles. The van der Waals surface area contributed by atoms with E-state index in [-0.39, 0.29) is 17.3 Å². The Labute approximate surface area is 332 Å². The van der Waals surface area contributed by atoms with E-state index >= 15 is 0 Å². The van der Waals surface area contributed by atoms with E-state index in [1.165, 1.54) is 4.68 Å². The van der Waals surface area contributed by atoms with E-state index in [2.05, 4.69) is 20.4 Å². The molecule has 0 atom stereocenters. The average molecular weight is 880 g/mol. The fourth-order valence-electron chi connectivity index (χ4n) is 3.37. The van der Waals surface area contributed by atoms with Gasteiger partial charge >= 0.3 is 18.5 Å². The van der Waals surface area contributed by atoms with Gasteiger partial charge in [-0.3, -0.25) is 28.8 Å². The number of rotatable bonds is 7. The summed E-state index contributed by atoms with van der Waals surface area (Å²) >= 11 is 12.0. The van der Waals surface area contributed by atoms with Gasteiger partial charge in [0.15, 0.2) is 5.78 Å². The van der Waals surface area contributed by atoms with Gasteiger partial charge in [-0.05, 0) is 51.8 Å². The Hall–Kier alpha value is -5.71. The van der Waals surface area contributed by atoms with Gasteiger partial charge in [-0.15, -0.1) is 0 Å². The van der Waals surface area contributed by atoms with Crippen LogP contribution in [0.3, 0.4) is 0 Å². The lowest BCUT2D eigenvalue weighted by Crippen LogP contribution is -2.26. The molecule has 0 radical (unpaired) electrons. The predicted molar refractivity (Wildman–Crippen MR) is 193 cm³/mol. The van der Waals surface area contributed by atoms with Gasteiger partial charge in [0.05, 0.1) is 52.5 Å². The van der Waals surface area contributed by atoms with Crippen LogP contribution >= 0.6 is 23.2 Å². The van der Waals surface area contributed by atoms with Crippen LogP contribution in [-0.4, -0.2) is 68.1 Å². The van der Waals surface area contributed by atoms with Gasteiger partial charge in [0, 0.05) is 30.5 Å². The molecule has 0 unspecified atom stereocenters. The summed E-state index contributed by atoms with van der Waals surface area (Å²) in [6.07, 6.45) is -11.4. The fraction of sp³-hybridized carbons (Fsp3) is 0.333. The van der Waals surface area contributed by atoms with Crippen LogP contribution < -0.4 is 22.0 Å². The lowest BCUT2D eigenvalue weighted by atomic mass is 10.1. The van der Waals surface area contributed by atoms with Gasteiger partial charge in [0.1, 0.15) is 0 Å². The fourth-order valence-corrected chi connectivity index (χ4v) is 3.75. The second kappa shape index (κ2) is 22.9. The molecule has 25 heteroatoms. The summed E-state index contributed by atoms with van der Waals surface area (Å²) in [4.78, 5) is 64.0. The zero-order valence-electron chi connectivity index (χ0n) is 31.1. The van der Waals surface area contributed by atoms with Crippen LogP contribution in [0.15, 0.2) is 61.5 Å². The van der Waals surface area contributed by atoms with E-state index in [1.54, 1.807) is 30.7 Å². The Morgan fingerprint density at radius 2 is 1.34 bits per heavy atom. The minimum Gasteiger partial charge on any atom is -0.295 e. The molecule has 0 fully saturated rings. The predicted octanol–water partition coefficient (Wildman–Crippen LogP) is 6.13. The molecule has 14 nitrogen and oxygen atoms in total. The summed E-state index contributed by atoms with van der Waals surface area (Å²) in [5.74, 6) is -4.07. The van der Waals surface area contributed by atoms with Crippen molar-refractivity contribution in [3.8, 4) is 0 Å². The number of nitrogens with zero attached hydrogens (tertiary/aromatic N) is 5. The van der Waals surface area contributed by atoms with Crippen molar-refractivity contribution in [2.45, 2.75) is 73.5 Å². The number of H-pyrrole nitrogens is 1. The first kappa shape index (κ1) is 52.3. The molecule has 0 saturated carbocycles. The zero-order chi connectivity index (χ0) is 45.3. The standard InChI is InChI=1S/C13H12Cl2N2O.C9H11F3N2O2.C6H5F3N2O.C5H5F3N2O2/c1-8-6-16-17(13(18)9(8)2)7-10-4-3-5-11(14)12(10)15;1-5(6(2)15)8(9(10,11)12)4-13-14-7(3)16;1-3-4(6(7,8)9)2-10-11-5(3)12;1-3(11)10-9-2-4(12)5(6,7)8/h3-6H,7H2,1-2H3;4H,1-3H3,(H,14,16);2H,1H3,(H,11,12);2H,1H3,(H,10,11). The monoisotopic (exact) mass is 878 g/mol. The van der Waals surface area contributed by atoms with Gasteiger partial charge in [-0.25, -0.2) is 20.6 Å². The van der Waals surface area contributed by atoms with Crippen LogP contribution in [0.1, 0.15) is 55.5 Å². The van der Waals surface area contributed by atoms with Gasteiger partial charge in [-0.2, -0.15) is 59.9 Å². The number of hydrazone groups is 2. The van der Waals surface area contributed by atoms with Gasteiger partial charge in [0.25, 0.3) is 16.9 Å². The maximum atomic E-state index is 12.4. The van der Waals surface area contributed by atoms with Crippen molar-refractivity contribution in [3.05, 3.63) is 100 Å². The zero-order valence-corrected chi connectivity index (χ0v) is 32.6. The number of hydrogen-bond acceptors (Lipinski definition) is 10. The number of allylic oxidation sites excluding steroid dienone is 2. The highest BCUT2D eigenvalue weighted by Gasteiger charge is 2.37. The van der Waals surface area contributed by atoms with Gasteiger partial charge in [0.2, 0.25) is 11.8 Å². The molecular formula is C33H33Cl2F9N8O6. The number of carbonyl (C=O) groups excluding carboxylic acids is 4. The van der Waals surface area contributed by atoms with E-state index in [0.717, 1.165) is 45.7 Å². The van der Waals surface area contributed by atoms with E-state index in [9.17, 15) is 68.3 Å².